The van der Waals surface area contributed by atoms with Crippen LogP contribution in [0.5, 0.6) is 5.75 Å². The van der Waals surface area contributed by atoms with Crippen molar-refractivity contribution in [2.45, 2.75) is 25.8 Å². The van der Waals surface area contributed by atoms with Crippen molar-refractivity contribution in [1.29, 1.82) is 0 Å². The van der Waals surface area contributed by atoms with Crippen LogP contribution in [-0.2, 0) is 4.79 Å². The first kappa shape index (κ1) is 17.8. The summed E-state index contributed by atoms with van der Waals surface area (Å²) in [5.41, 5.74) is 2.83. The van der Waals surface area contributed by atoms with Gasteiger partial charge in [0.1, 0.15) is 5.75 Å². The van der Waals surface area contributed by atoms with Crippen molar-refractivity contribution in [2.24, 2.45) is 0 Å². The molecule has 2 aromatic carbocycles. The Morgan fingerprint density at radius 2 is 2.08 bits per heavy atom. The monoisotopic (exact) mass is 358 g/mol. The summed E-state index contributed by atoms with van der Waals surface area (Å²) in [4.78, 5) is 14.8. The van der Waals surface area contributed by atoms with Crippen LogP contribution in [0.25, 0.3) is 0 Å². The molecule has 3 rings (SSSR count). The lowest BCUT2D eigenvalue weighted by Crippen LogP contribution is -2.33. The zero-order chi connectivity index (χ0) is 17.8. The quantitative estimate of drug-likeness (QED) is 0.859. The topological polar surface area (TPSA) is 41.6 Å². The first-order valence-corrected chi connectivity index (χ1v) is 8.89. The van der Waals surface area contributed by atoms with Gasteiger partial charge in [-0.05, 0) is 43.5 Å². The van der Waals surface area contributed by atoms with Crippen LogP contribution >= 0.6 is 11.6 Å². The van der Waals surface area contributed by atoms with Crippen molar-refractivity contribution in [3.05, 3.63) is 58.6 Å². The molecule has 0 aromatic heterocycles. The second-order valence-electron chi connectivity index (χ2n) is 6.39. The number of halogens is 1. The van der Waals surface area contributed by atoms with Gasteiger partial charge in [0.05, 0.1) is 19.3 Å². The average Bonchev–Trinajstić information content (AvgIpc) is 3.06. The van der Waals surface area contributed by atoms with E-state index in [1.807, 2.05) is 31.2 Å². The van der Waals surface area contributed by atoms with Gasteiger partial charge < -0.3 is 10.1 Å². The number of methoxy groups -OCH3 is 1. The number of carbonyl (C=O) groups excluding carboxylic acids is 1. The molecule has 1 fully saturated rings. The molecule has 0 unspecified atom stereocenters. The van der Waals surface area contributed by atoms with Crippen LogP contribution in [0.1, 0.15) is 30.0 Å². The maximum atomic E-state index is 12.6. The molecule has 0 aliphatic carbocycles. The van der Waals surface area contributed by atoms with Crippen LogP contribution in [0.3, 0.4) is 0 Å². The summed E-state index contributed by atoms with van der Waals surface area (Å²) in [6.45, 7) is 3.21. The van der Waals surface area contributed by atoms with Crippen LogP contribution in [0.2, 0.25) is 5.02 Å². The standard InChI is InChI=1S/C20H23ClN2O2/c1-14-11-17(19(25-2)12-16(14)21)22-20(24)13-23-10-6-9-18(23)15-7-4-3-5-8-15/h3-5,7-8,11-12,18H,6,9-10,13H2,1-2H3,(H,22,24)/t18-/m0/s1. The van der Waals surface area contributed by atoms with Gasteiger partial charge in [-0.2, -0.15) is 0 Å². The smallest absolute Gasteiger partial charge is 0.238 e. The van der Waals surface area contributed by atoms with Crippen molar-refractivity contribution < 1.29 is 9.53 Å². The molecule has 4 nitrogen and oxygen atoms in total. The van der Waals surface area contributed by atoms with E-state index in [-0.39, 0.29) is 5.91 Å². The summed E-state index contributed by atoms with van der Waals surface area (Å²) in [6.07, 6.45) is 2.19. The predicted octanol–water partition coefficient (Wildman–Crippen LogP) is 4.43. The van der Waals surface area contributed by atoms with Crippen LogP contribution in [0, 0.1) is 6.92 Å². The Balaban J connectivity index is 1.69. The third-order valence-corrected chi connectivity index (χ3v) is 5.06. The number of rotatable bonds is 5. The highest BCUT2D eigenvalue weighted by atomic mass is 35.5. The molecule has 2 aromatic rings. The molecular formula is C20H23ClN2O2. The molecule has 1 saturated heterocycles. The first-order valence-electron chi connectivity index (χ1n) is 8.51. The van der Waals surface area contributed by atoms with E-state index in [9.17, 15) is 4.79 Å². The Kier molecular flexibility index (Phi) is 5.61. The van der Waals surface area contributed by atoms with Crippen LogP contribution in [-0.4, -0.2) is 31.0 Å². The minimum absolute atomic E-state index is 0.0390. The fraction of sp³-hybridized carbons (Fsp3) is 0.350. The van der Waals surface area contributed by atoms with E-state index in [1.165, 1.54) is 5.56 Å². The van der Waals surface area contributed by atoms with Gasteiger partial charge in [0.25, 0.3) is 0 Å². The molecule has 1 N–H and O–H groups in total. The first-order chi connectivity index (χ1) is 12.1. The van der Waals surface area contributed by atoms with Crippen molar-refractivity contribution in [2.75, 3.05) is 25.5 Å². The highest BCUT2D eigenvalue weighted by Crippen LogP contribution is 2.33. The lowest BCUT2D eigenvalue weighted by Gasteiger charge is -2.24. The SMILES string of the molecule is COc1cc(Cl)c(C)cc1NC(=O)CN1CCC[C@H]1c1ccccc1. The van der Waals surface area contributed by atoms with E-state index < -0.39 is 0 Å². The fourth-order valence-electron chi connectivity index (χ4n) is 3.37. The molecular weight excluding hydrogens is 336 g/mol. The number of nitrogens with zero attached hydrogens (tertiary/aromatic N) is 1. The number of amides is 1. The van der Waals surface area contributed by atoms with Gasteiger partial charge in [0.2, 0.25) is 5.91 Å². The maximum Gasteiger partial charge on any atom is 0.238 e. The summed E-state index contributed by atoms with van der Waals surface area (Å²) in [5, 5.41) is 3.59. The Morgan fingerprint density at radius 3 is 2.80 bits per heavy atom. The molecule has 0 radical (unpaired) electrons. The Bertz CT molecular complexity index is 749. The molecule has 1 heterocycles. The third-order valence-electron chi connectivity index (χ3n) is 4.65. The number of hydrogen-bond donors (Lipinski definition) is 1. The fourth-order valence-corrected chi connectivity index (χ4v) is 3.53. The van der Waals surface area contributed by atoms with E-state index in [1.54, 1.807) is 13.2 Å². The van der Waals surface area contributed by atoms with Crippen molar-refractivity contribution in [1.82, 2.24) is 4.90 Å². The summed E-state index contributed by atoms with van der Waals surface area (Å²) in [5.74, 6) is 0.535. The number of anilines is 1. The number of aryl methyl sites for hydroxylation is 1. The van der Waals surface area contributed by atoms with Crippen molar-refractivity contribution in [3.8, 4) is 5.75 Å². The van der Waals surface area contributed by atoms with Gasteiger partial charge in [-0.1, -0.05) is 41.9 Å². The molecule has 132 valence electrons. The second-order valence-corrected chi connectivity index (χ2v) is 6.80. The van der Waals surface area contributed by atoms with Crippen molar-refractivity contribution in [3.63, 3.8) is 0 Å². The van der Waals surface area contributed by atoms with Gasteiger partial charge in [-0.25, -0.2) is 0 Å². The predicted molar refractivity (Wildman–Crippen MR) is 101 cm³/mol. The maximum absolute atomic E-state index is 12.6. The molecule has 1 amide bonds. The summed E-state index contributed by atoms with van der Waals surface area (Å²) in [6, 6.07) is 14.3. The van der Waals surface area contributed by atoms with E-state index in [4.69, 9.17) is 16.3 Å². The minimum atomic E-state index is -0.0390. The summed E-state index contributed by atoms with van der Waals surface area (Å²) >= 11 is 6.12. The minimum Gasteiger partial charge on any atom is -0.495 e. The third kappa shape index (κ3) is 4.14. The van der Waals surface area contributed by atoms with Crippen molar-refractivity contribution >= 4 is 23.2 Å². The van der Waals surface area contributed by atoms with Gasteiger partial charge in [-0.15, -0.1) is 0 Å². The second kappa shape index (κ2) is 7.89. The largest absolute Gasteiger partial charge is 0.495 e. The average molecular weight is 359 g/mol. The lowest BCUT2D eigenvalue weighted by atomic mass is 10.0. The van der Waals surface area contributed by atoms with Crippen LogP contribution < -0.4 is 10.1 Å². The highest BCUT2D eigenvalue weighted by Gasteiger charge is 2.27. The van der Waals surface area contributed by atoms with Gasteiger partial charge in [-0.3, -0.25) is 9.69 Å². The number of ether oxygens (including phenoxy) is 1. The molecule has 0 spiro atoms. The molecule has 25 heavy (non-hydrogen) atoms. The summed E-state index contributed by atoms with van der Waals surface area (Å²) in [7, 11) is 1.57. The Labute approximate surface area is 153 Å². The molecule has 5 heteroatoms. The van der Waals surface area contributed by atoms with Gasteiger partial charge in [0.15, 0.2) is 0 Å². The zero-order valence-electron chi connectivity index (χ0n) is 14.6. The summed E-state index contributed by atoms with van der Waals surface area (Å²) < 4.78 is 5.33. The van der Waals surface area contributed by atoms with Gasteiger partial charge >= 0.3 is 0 Å². The molecule has 1 aliphatic rings. The number of nitrogens with one attached hydrogen (secondary N) is 1. The number of hydrogen-bond acceptors (Lipinski definition) is 3. The zero-order valence-corrected chi connectivity index (χ0v) is 15.3. The normalized spacial score (nSPS) is 17.5. The molecule has 0 bridgehead atoms. The lowest BCUT2D eigenvalue weighted by molar-refractivity contribution is -0.117. The van der Waals surface area contributed by atoms with Crippen LogP contribution in [0.4, 0.5) is 5.69 Å². The van der Waals surface area contributed by atoms with E-state index in [2.05, 4.69) is 22.3 Å². The number of benzene rings is 2. The van der Waals surface area contributed by atoms with Crippen LogP contribution in [0.15, 0.2) is 42.5 Å². The molecule has 0 saturated carbocycles. The number of likely N-dealkylation sites (tertiary alicyclic amines) is 1. The Morgan fingerprint density at radius 1 is 1.32 bits per heavy atom. The number of carbonyl (C=O) groups is 1. The van der Waals surface area contributed by atoms with Gasteiger partial charge in [0, 0.05) is 17.1 Å². The molecule has 1 atom stereocenters. The van der Waals surface area contributed by atoms with E-state index >= 15 is 0 Å². The Hall–Kier alpha value is -2.04. The van der Waals surface area contributed by atoms with E-state index in [0.717, 1.165) is 24.9 Å². The highest BCUT2D eigenvalue weighted by molar-refractivity contribution is 6.31. The van der Waals surface area contributed by atoms with E-state index in [0.29, 0.717) is 29.0 Å². The molecule has 1 aliphatic heterocycles.